The highest BCUT2D eigenvalue weighted by atomic mass is 16.3. The molecule has 1 saturated heterocycles. The normalized spacial score (nSPS) is 14.4. The summed E-state index contributed by atoms with van der Waals surface area (Å²) in [5.74, 6) is -0.407. The van der Waals surface area contributed by atoms with Gasteiger partial charge in [0.25, 0.3) is 11.8 Å². The first-order valence-corrected chi connectivity index (χ1v) is 9.92. The molecule has 3 amide bonds. The summed E-state index contributed by atoms with van der Waals surface area (Å²) < 4.78 is 5.40. The minimum atomic E-state index is -0.475. The third kappa shape index (κ3) is 4.32. The third-order valence-electron chi connectivity index (χ3n) is 5.06. The molecule has 2 N–H and O–H groups in total. The number of pyridine rings is 1. The van der Waals surface area contributed by atoms with Crippen LogP contribution in [0.4, 0.5) is 0 Å². The fourth-order valence-electron chi connectivity index (χ4n) is 3.53. The molecule has 1 aliphatic heterocycles. The number of hydrazine groups is 1. The molecule has 0 bridgehead atoms. The molecule has 2 aromatic heterocycles. The van der Waals surface area contributed by atoms with Gasteiger partial charge in [-0.25, -0.2) is 4.98 Å². The van der Waals surface area contributed by atoms with Gasteiger partial charge in [0.05, 0.1) is 17.3 Å². The smallest absolute Gasteiger partial charge is 0.270 e. The zero-order chi connectivity index (χ0) is 20.9. The first-order chi connectivity index (χ1) is 14.6. The second-order valence-electron chi connectivity index (χ2n) is 7.18. The summed E-state index contributed by atoms with van der Waals surface area (Å²) in [6.07, 6.45) is 4.70. The van der Waals surface area contributed by atoms with Crippen LogP contribution in [0.25, 0.3) is 22.4 Å². The molecule has 3 heterocycles. The SMILES string of the molecule is O=C(CN1CCCCCC1=O)NNC(=O)c1cc(-c2ccco2)nc2ccccc12. The quantitative estimate of drug-likeness (QED) is 0.648. The van der Waals surface area contributed by atoms with Crippen LogP contribution in [-0.2, 0) is 9.59 Å². The number of fused-ring (bicyclic) bond motifs is 1. The van der Waals surface area contributed by atoms with E-state index in [1.807, 2.05) is 18.2 Å². The minimum absolute atomic E-state index is 0.0304. The molecule has 4 rings (SSSR count). The minimum Gasteiger partial charge on any atom is -0.463 e. The number of para-hydroxylation sites is 1. The van der Waals surface area contributed by atoms with Crippen molar-refractivity contribution in [2.75, 3.05) is 13.1 Å². The number of amides is 3. The monoisotopic (exact) mass is 406 g/mol. The van der Waals surface area contributed by atoms with Crippen LogP contribution in [0.15, 0.2) is 53.1 Å². The number of nitrogens with one attached hydrogen (secondary N) is 2. The van der Waals surface area contributed by atoms with E-state index in [0.29, 0.717) is 40.9 Å². The van der Waals surface area contributed by atoms with Crippen molar-refractivity contribution in [2.24, 2.45) is 0 Å². The zero-order valence-electron chi connectivity index (χ0n) is 16.4. The summed E-state index contributed by atoms with van der Waals surface area (Å²) in [7, 11) is 0. The number of rotatable bonds is 4. The number of benzene rings is 1. The molecule has 0 radical (unpaired) electrons. The number of nitrogens with zero attached hydrogens (tertiary/aromatic N) is 2. The van der Waals surface area contributed by atoms with Gasteiger partial charge in [-0.2, -0.15) is 0 Å². The molecule has 154 valence electrons. The van der Waals surface area contributed by atoms with E-state index < -0.39 is 11.8 Å². The molecule has 1 fully saturated rings. The van der Waals surface area contributed by atoms with E-state index in [4.69, 9.17) is 4.42 Å². The highest BCUT2D eigenvalue weighted by Crippen LogP contribution is 2.25. The van der Waals surface area contributed by atoms with Crippen molar-refractivity contribution < 1.29 is 18.8 Å². The number of hydrogen-bond acceptors (Lipinski definition) is 5. The van der Waals surface area contributed by atoms with Crippen LogP contribution in [0.1, 0.15) is 36.0 Å². The van der Waals surface area contributed by atoms with E-state index >= 15 is 0 Å². The lowest BCUT2D eigenvalue weighted by molar-refractivity contribution is -0.135. The number of hydrogen-bond donors (Lipinski definition) is 2. The van der Waals surface area contributed by atoms with E-state index in [0.717, 1.165) is 19.3 Å². The number of likely N-dealkylation sites (tertiary alicyclic amines) is 1. The molecule has 1 aromatic carbocycles. The molecule has 30 heavy (non-hydrogen) atoms. The van der Waals surface area contributed by atoms with Gasteiger partial charge in [-0.1, -0.05) is 24.6 Å². The molecule has 0 atom stereocenters. The molecule has 0 unspecified atom stereocenters. The fourth-order valence-corrected chi connectivity index (χ4v) is 3.53. The molecule has 1 aliphatic rings. The van der Waals surface area contributed by atoms with Gasteiger partial charge in [0.2, 0.25) is 5.91 Å². The molecule has 0 saturated carbocycles. The number of furan rings is 1. The van der Waals surface area contributed by atoms with Gasteiger partial charge in [0.15, 0.2) is 5.76 Å². The van der Waals surface area contributed by atoms with Crippen molar-refractivity contribution in [3.8, 4) is 11.5 Å². The van der Waals surface area contributed by atoms with Gasteiger partial charge in [0, 0.05) is 18.4 Å². The Hall–Kier alpha value is -3.68. The first-order valence-electron chi connectivity index (χ1n) is 9.92. The van der Waals surface area contributed by atoms with E-state index in [-0.39, 0.29) is 12.5 Å². The lowest BCUT2D eigenvalue weighted by Gasteiger charge is -2.20. The van der Waals surface area contributed by atoms with Gasteiger partial charge in [-0.05, 0) is 37.1 Å². The molecular formula is C22H22N4O4. The fraction of sp³-hybridized carbons (Fsp3) is 0.273. The maximum Gasteiger partial charge on any atom is 0.270 e. The number of aromatic nitrogens is 1. The Labute approximate surface area is 173 Å². The van der Waals surface area contributed by atoms with Gasteiger partial charge in [-0.3, -0.25) is 25.2 Å². The summed E-state index contributed by atoms with van der Waals surface area (Å²) in [4.78, 5) is 43.2. The van der Waals surface area contributed by atoms with Crippen LogP contribution in [0.2, 0.25) is 0 Å². The van der Waals surface area contributed by atoms with Crippen molar-refractivity contribution in [3.63, 3.8) is 0 Å². The zero-order valence-corrected chi connectivity index (χ0v) is 16.4. The maximum atomic E-state index is 12.8. The Morgan fingerprint density at radius 3 is 2.77 bits per heavy atom. The molecule has 0 aliphatic carbocycles. The van der Waals surface area contributed by atoms with Crippen LogP contribution in [-0.4, -0.2) is 40.7 Å². The summed E-state index contributed by atoms with van der Waals surface area (Å²) in [6, 6.07) is 12.4. The Balaban J connectivity index is 1.49. The van der Waals surface area contributed by atoms with Crippen molar-refractivity contribution >= 4 is 28.6 Å². The molecule has 0 spiro atoms. The average molecular weight is 406 g/mol. The molecule has 8 heteroatoms. The Morgan fingerprint density at radius 2 is 1.93 bits per heavy atom. The second kappa shape index (κ2) is 8.77. The van der Waals surface area contributed by atoms with Crippen molar-refractivity contribution in [3.05, 3.63) is 54.3 Å². The molecular weight excluding hydrogens is 384 g/mol. The largest absolute Gasteiger partial charge is 0.463 e. The van der Waals surface area contributed by atoms with Gasteiger partial charge in [0.1, 0.15) is 12.2 Å². The summed E-state index contributed by atoms with van der Waals surface area (Å²) >= 11 is 0. The predicted octanol–water partition coefficient (Wildman–Crippen LogP) is 2.66. The van der Waals surface area contributed by atoms with Crippen LogP contribution < -0.4 is 10.9 Å². The maximum absolute atomic E-state index is 12.8. The standard InChI is InChI=1S/C22H22N4O4/c27-20(14-26-11-5-1-2-10-21(26)28)24-25-22(29)16-13-18(19-9-6-12-30-19)23-17-8-4-3-7-15(16)17/h3-4,6-9,12-13H,1-2,5,10-11,14H2,(H,24,27)(H,25,29). The highest BCUT2D eigenvalue weighted by Gasteiger charge is 2.20. The Morgan fingerprint density at radius 1 is 1.07 bits per heavy atom. The van der Waals surface area contributed by atoms with Gasteiger partial charge in [-0.15, -0.1) is 0 Å². The predicted molar refractivity (Wildman–Crippen MR) is 110 cm³/mol. The Kier molecular flexibility index (Phi) is 5.74. The van der Waals surface area contributed by atoms with Crippen molar-refractivity contribution in [2.45, 2.75) is 25.7 Å². The lowest BCUT2D eigenvalue weighted by atomic mass is 10.1. The number of carbonyl (C=O) groups excluding carboxylic acids is 3. The van der Waals surface area contributed by atoms with Crippen molar-refractivity contribution in [1.82, 2.24) is 20.7 Å². The van der Waals surface area contributed by atoms with Crippen LogP contribution in [0.3, 0.4) is 0 Å². The summed E-state index contributed by atoms with van der Waals surface area (Å²) in [5.41, 5.74) is 6.38. The van der Waals surface area contributed by atoms with Crippen LogP contribution in [0, 0.1) is 0 Å². The average Bonchev–Trinajstić information content (AvgIpc) is 3.23. The van der Waals surface area contributed by atoms with E-state index in [2.05, 4.69) is 15.8 Å². The van der Waals surface area contributed by atoms with E-state index in [9.17, 15) is 14.4 Å². The molecule has 3 aromatic rings. The first kappa shape index (κ1) is 19.6. The topological polar surface area (TPSA) is 105 Å². The molecule has 8 nitrogen and oxygen atoms in total. The van der Waals surface area contributed by atoms with Crippen molar-refractivity contribution in [1.29, 1.82) is 0 Å². The highest BCUT2D eigenvalue weighted by molar-refractivity contribution is 6.07. The van der Waals surface area contributed by atoms with E-state index in [1.54, 1.807) is 24.3 Å². The van der Waals surface area contributed by atoms with E-state index in [1.165, 1.54) is 11.2 Å². The second-order valence-corrected chi connectivity index (χ2v) is 7.18. The van der Waals surface area contributed by atoms with Crippen LogP contribution >= 0.6 is 0 Å². The third-order valence-corrected chi connectivity index (χ3v) is 5.06. The van der Waals surface area contributed by atoms with Crippen LogP contribution in [0.5, 0.6) is 0 Å². The Bertz CT molecular complexity index is 1080. The summed E-state index contributed by atoms with van der Waals surface area (Å²) in [6.45, 7) is 0.482. The van der Waals surface area contributed by atoms with Gasteiger partial charge < -0.3 is 9.32 Å². The lowest BCUT2D eigenvalue weighted by Crippen LogP contribution is -2.47. The number of carbonyl (C=O) groups is 3. The van der Waals surface area contributed by atoms with Gasteiger partial charge >= 0.3 is 0 Å². The summed E-state index contributed by atoms with van der Waals surface area (Å²) in [5, 5.41) is 0.655.